The van der Waals surface area contributed by atoms with Gasteiger partial charge in [-0.3, -0.25) is 4.68 Å². The molecule has 0 aliphatic carbocycles. The number of benzene rings is 1. The Morgan fingerprint density at radius 3 is 2.81 bits per heavy atom. The van der Waals surface area contributed by atoms with E-state index in [1.54, 1.807) is 31.0 Å². The number of hydrogen-bond acceptors (Lipinski definition) is 3. The Morgan fingerprint density at radius 1 is 1.43 bits per heavy atom. The highest BCUT2D eigenvalue weighted by molar-refractivity contribution is 5.89. The Kier molecular flexibility index (Phi) is 4.94. The van der Waals surface area contributed by atoms with Crippen LogP contribution in [0.25, 0.3) is 0 Å². The van der Waals surface area contributed by atoms with Crippen LogP contribution in [0.3, 0.4) is 0 Å². The second-order valence-corrected chi connectivity index (χ2v) is 4.98. The van der Waals surface area contributed by atoms with E-state index in [0.29, 0.717) is 12.2 Å². The number of carbonyl (C=O) groups excluding carboxylic acids is 1. The molecule has 6 heteroatoms. The minimum atomic E-state index is -0.268. The molecule has 0 aliphatic heterocycles. The van der Waals surface area contributed by atoms with Gasteiger partial charge in [-0.1, -0.05) is 30.3 Å². The van der Waals surface area contributed by atoms with Gasteiger partial charge >= 0.3 is 6.03 Å². The van der Waals surface area contributed by atoms with Crippen molar-refractivity contribution in [2.75, 3.05) is 19.0 Å². The summed E-state index contributed by atoms with van der Waals surface area (Å²) in [5.74, 6) is 0. The summed E-state index contributed by atoms with van der Waals surface area (Å²) in [6, 6.07) is 9.48. The molecule has 2 N–H and O–H groups in total. The van der Waals surface area contributed by atoms with E-state index in [0.717, 1.165) is 5.56 Å². The highest BCUT2D eigenvalue weighted by atomic mass is 16.3. The largest absolute Gasteiger partial charge is 0.394 e. The molecule has 1 unspecified atom stereocenters. The molecule has 0 aliphatic rings. The molecule has 0 saturated heterocycles. The van der Waals surface area contributed by atoms with Gasteiger partial charge in [-0.2, -0.15) is 5.10 Å². The van der Waals surface area contributed by atoms with E-state index < -0.39 is 0 Å². The van der Waals surface area contributed by atoms with Gasteiger partial charge in [0.15, 0.2) is 0 Å². The van der Waals surface area contributed by atoms with Crippen LogP contribution in [-0.4, -0.2) is 45.5 Å². The fourth-order valence-electron chi connectivity index (χ4n) is 1.82. The van der Waals surface area contributed by atoms with Gasteiger partial charge in [0.05, 0.1) is 31.1 Å². The first-order chi connectivity index (χ1) is 10.1. The maximum atomic E-state index is 11.9. The third kappa shape index (κ3) is 4.06. The number of aliphatic hydroxyl groups excluding tert-OH is 1. The molecule has 1 atom stereocenters. The van der Waals surface area contributed by atoms with Crippen LogP contribution in [0, 0.1) is 0 Å². The van der Waals surface area contributed by atoms with Crippen molar-refractivity contribution in [1.29, 1.82) is 0 Å². The van der Waals surface area contributed by atoms with Gasteiger partial charge in [-0.25, -0.2) is 4.79 Å². The Morgan fingerprint density at radius 2 is 2.14 bits per heavy atom. The van der Waals surface area contributed by atoms with Crippen molar-refractivity contribution in [1.82, 2.24) is 14.7 Å². The summed E-state index contributed by atoms with van der Waals surface area (Å²) >= 11 is 0. The molecule has 0 spiro atoms. The first-order valence-corrected chi connectivity index (χ1v) is 6.81. The van der Waals surface area contributed by atoms with Gasteiger partial charge in [0, 0.05) is 13.2 Å². The molecule has 0 fully saturated rings. The number of likely N-dealkylation sites (N-methyl/N-ethyl adjacent to an activating group) is 1. The molecule has 0 bridgehead atoms. The number of hydrogen-bond donors (Lipinski definition) is 2. The van der Waals surface area contributed by atoms with Crippen molar-refractivity contribution < 1.29 is 9.90 Å². The number of anilines is 1. The van der Waals surface area contributed by atoms with Crippen LogP contribution in [0.4, 0.5) is 10.5 Å². The predicted octanol–water partition coefficient (Wildman–Crippen LogP) is 1.78. The zero-order valence-electron chi connectivity index (χ0n) is 12.2. The lowest BCUT2D eigenvalue weighted by Crippen LogP contribution is -2.40. The van der Waals surface area contributed by atoms with Crippen LogP contribution in [0.1, 0.15) is 12.5 Å². The molecule has 2 amide bonds. The Balaban J connectivity index is 1.96. The lowest BCUT2D eigenvalue weighted by Gasteiger charge is -2.22. The topological polar surface area (TPSA) is 70.4 Å². The molecule has 6 nitrogen and oxygen atoms in total. The van der Waals surface area contributed by atoms with Crippen molar-refractivity contribution >= 4 is 11.7 Å². The summed E-state index contributed by atoms with van der Waals surface area (Å²) in [5.41, 5.74) is 1.78. The van der Waals surface area contributed by atoms with Gasteiger partial charge in [-0.15, -0.1) is 0 Å². The fraction of sp³-hybridized carbons (Fsp3) is 0.333. The summed E-state index contributed by atoms with van der Waals surface area (Å²) in [7, 11) is 1.64. The monoisotopic (exact) mass is 288 g/mol. The Bertz CT molecular complexity index is 582. The molecule has 2 rings (SSSR count). The van der Waals surface area contributed by atoms with Gasteiger partial charge < -0.3 is 15.3 Å². The number of nitrogens with zero attached hydrogens (tertiary/aromatic N) is 3. The fourth-order valence-corrected chi connectivity index (χ4v) is 1.82. The van der Waals surface area contributed by atoms with Crippen molar-refractivity contribution in [2.45, 2.75) is 19.5 Å². The highest BCUT2D eigenvalue weighted by Crippen LogP contribution is 2.09. The lowest BCUT2D eigenvalue weighted by molar-refractivity contribution is 0.166. The third-order valence-corrected chi connectivity index (χ3v) is 3.32. The zero-order valence-corrected chi connectivity index (χ0v) is 12.2. The summed E-state index contributed by atoms with van der Waals surface area (Å²) in [5, 5.41) is 16.0. The second-order valence-electron chi connectivity index (χ2n) is 4.98. The number of aromatic nitrogens is 2. The first kappa shape index (κ1) is 15.1. The van der Waals surface area contributed by atoms with E-state index in [2.05, 4.69) is 10.4 Å². The van der Waals surface area contributed by atoms with Crippen molar-refractivity contribution in [3.8, 4) is 0 Å². The highest BCUT2D eigenvalue weighted by Gasteiger charge is 2.15. The minimum absolute atomic E-state index is 0.0722. The molecule has 1 aromatic heterocycles. The van der Waals surface area contributed by atoms with E-state index >= 15 is 0 Å². The quantitative estimate of drug-likeness (QED) is 0.881. The zero-order chi connectivity index (χ0) is 15.2. The number of rotatable bonds is 5. The van der Waals surface area contributed by atoms with Gasteiger partial charge in [-0.05, 0) is 12.5 Å². The molecule has 112 valence electrons. The number of amides is 2. The van der Waals surface area contributed by atoms with Crippen molar-refractivity contribution in [3.63, 3.8) is 0 Å². The molecular formula is C15H20N4O2. The van der Waals surface area contributed by atoms with Crippen LogP contribution >= 0.6 is 0 Å². The maximum absolute atomic E-state index is 11.9. The number of nitrogens with one attached hydrogen (secondary N) is 1. The van der Waals surface area contributed by atoms with Crippen LogP contribution in [0.5, 0.6) is 0 Å². The van der Waals surface area contributed by atoms with E-state index in [1.165, 1.54) is 4.90 Å². The number of urea groups is 1. The summed E-state index contributed by atoms with van der Waals surface area (Å²) in [6.07, 6.45) is 3.39. The molecule has 1 aromatic carbocycles. The molecule has 0 saturated carbocycles. The summed E-state index contributed by atoms with van der Waals surface area (Å²) in [4.78, 5) is 13.4. The standard InChI is InChI=1S/C15H20N4O2/c1-12(11-20)18(2)15(21)17-14-8-16-19(10-14)9-13-6-4-3-5-7-13/h3-8,10,12,20H,9,11H2,1-2H3,(H,17,21). The third-order valence-electron chi connectivity index (χ3n) is 3.32. The normalized spacial score (nSPS) is 12.0. The van der Waals surface area contributed by atoms with Crippen molar-refractivity contribution in [2.24, 2.45) is 0 Å². The molecule has 2 aromatic rings. The number of carbonyl (C=O) groups is 1. The van der Waals surface area contributed by atoms with Gasteiger partial charge in [0.25, 0.3) is 0 Å². The predicted molar refractivity (Wildman–Crippen MR) is 81.1 cm³/mol. The lowest BCUT2D eigenvalue weighted by atomic mass is 10.2. The molecule has 1 heterocycles. The minimum Gasteiger partial charge on any atom is -0.394 e. The van der Waals surface area contributed by atoms with Crippen molar-refractivity contribution in [3.05, 3.63) is 48.3 Å². The van der Waals surface area contributed by atoms with Gasteiger partial charge in [0.2, 0.25) is 0 Å². The van der Waals surface area contributed by atoms with E-state index in [4.69, 9.17) is 5.11 Å². The number of aliphatic hydroxyl groups is 1. The average Bonchev–Trinajstić information content (AvgIpc) is 2.93. The smallest absolute Gasteiger partial charge is 0.321 e. The second kappa shape index (κ2) is 6.90. The van der Waals surface area contributed by atoms with Crippen LogP contribution < -0.4 is 5.32 Å². The van der Waals surface area contributed by atoms with Crippen LogP contribution in [0.2, 0.25) is 0 Å². The van der Waals surface area contributed by atoms with E-state index in [1.807, 2.05) is 30.3 Å². The summed E-state index contributed by atoms with van der Waals surface area (Å²) in [6.45, 7) is 2.36. The van der Waals surface area contributed by atoms with Crippen LogP contribution in [-0.2, 0) is 6.54 Å². The van der Waals surface area contributed by atoms with Gasteiger partial charge in [0.1, 0.15) is 0 Å². The SMILES string of the molecule is CC(CO)N(C)C(=O)Nc1cnn(Cc2ccccc2)c1. The molecular weight excluding hydrogens is 268 g/mol. The first-order valence-electron chi connectivity index (χ1n) is 6.81. The maximum Gasteiger partial charge on any atom is 0.321 e. The van der Waals surface area contributed by atoms with Crippen LogP contribution in [0.15, 0.2) is 42.7 Å². The Labute approximate surface area is 124 Å². The van der Waals surface area contributed by atoms with E-state index in [-0.39, 0.29) is 18.7 Å². The van der Waals surface area contributed by atoms with E-state index in [9.17, 15) is 4.79 Å². The summed E-state index contributed by atoms with van der Waals surface area (Å²) < 4.78 is 1.76. The molecule has 21 heavy (non-hydrogen) atoms. The Hall–Kier alpha value is -2.34. The average molecular weight is 288 g/mol. The molecule has 0 radical (unpaired) electrons.